The molecule has 1 saturated heterocycles. The molecule has 2 aliphatic rings. The minimum atomic E-state index is -0.733. The molecule has 0 radical (unpaired) electrons. The van der Waals surface area contributed by atoms with Crippen LogP contribution >= 0.6 is 0 Å². The van der Waals surface area contributed by atoms with Gasteiger partial charge in [0, 0.05) is 44.5 Å². The molecule has 0 bridgehead atoms. The number of rotatable bonds is 13. The van der Waals surface area contributed by atoms with Gasteiger partial charge in [-0.2, -0.15) is 0 Å². The normalized spacial score (nSPS) is 19.1. The van der Waals surface area contributed by atoms with Crippen molar-refractivity contribution in [3.05, 3.63) is 126 Å². The van der Waals surface area contributed by atoms with Gasteiger partial charge in [0.15, 0.2) is 0 Å². The van der Waals surface area contributed by atoms with Crippen molar-refractivity contribution in [3.63, 3.8) is 0 Å². The SMILES string of the molecule is C=C/C(=C\C(F)=C/C)C1CCC(C)(C)CC(O)c2ncc(CCN3CCN(CC(/C=C\C)=C/C(=C)OCc4ccccc4)C(=O)C3)n21.CC.CC.CCC. The zero-order valence-corrected chi connectivity index (χ0v) is 35.2. The zero-order valence-electron chi connectivity index (χ0n) is 35.2. The molecule has 8 heteroatoms. The van der Waals surface area contributed by atoms with Gasteiger partial charge in [0.25, 0.3) is 0 Å². The largest absolute Gasteiger partial charge is 0.490 e. The molecule has 0 spiro atoms. The molecule has 54 heavy (non-hydrogen) atoms. The lowest BCUT2D eigenvalue weighted by Crippen LogP contribution is -2.51. The van der Waals surface area contributed by atoms with E-state index in [1.54, 1.807) is 13.0 Å². The lowest BCUT2D eigenvalue weighted by Gasteiger charge is -2.36. The number of hydrogen-bond acceptors (Lipinski definition) is 5. The van der Waals surface area contributed by atoms with Crippen LogP contribution in [0.3, 0.4) is 0 Å². The van der Waals surface area contributed by atoms with Gasteiger partial charge >= 0.3 is 0 Å². The van der Waals surface area contributed by atoms with Crippen LogP contribution in [0.4, 0.5) is 4.39 Å². The van der Waals surface area contributed by atoms with Crippen molar-refractivity contribution < 1.29 is 19.0 Å². The number of aliphatic hydroxyl groups excluding tert-OH is 1. The van der Waals surface area contributed by atoms with Gasteiger partial charge in [0.05, 0.1) is 12.6 Å². The summed E-state index contributed by atoms with van der Waals surface area (Å²) in [7, 11) is 0. The third-order valence-corrected chi connectivity index (χ3v) is 9.00. The number of amides is 1. The van der Waals surface area contributed by atoms with Gasteiger partial charge in [-0.1, -0.05) is 130 Å². The van der Waals surface area contributed by atoms with E-state index >= 15 is 0 Å². The topological polar surface area (TPSA) is 70.8 Å². The van der Waals surface area contributed by atoms with Crippen LogP contribution in [0.25, 0.3) is 0 Å². The smallest absolute Gasteiger partial charge is 0.237 e. The fourth-order valence-corrected chi connectivity index (χ4v) is 6.39. The van der Waals surface area contributed by atoms with E-state index in [0.29, 0.717) is 57.2 Å². The van der Waals surface area contributed by atoms with Crippen molar-refractivity contribution in [2.45, 2.75) is 120 Å². The van der Waals surface area contributed by atoms with Crippen LogP contribution in [-0.4, -0.2) is 63.1 Å². The first-order valence-electron chi connectivity index (χ1n) is 20.0. The standard InChI is InChI=1S/C39H51FN4O3.C3H8.2C2H6/c1-7-13-31(22-29(4)47-28-30-14-11-10-12-15-30)26-43-21-20-42(27-37(43)46)19-17-34-25-41-38-36(45)24-39(5,6)18-16-35(44(34)38)32(8-2)23-33(40)9-3;1-3-2;2*1-2/h7-15,22-23,25,35-36,45H,2,4,16-21,24,26-28H2,1,3,5-6H3;3H2,1-2H3;2*1-2H3/b13-7-,31-22+,32-23+,33-9+;;;. The number of fused-ring (bicyclic) bond motifs is 1. The summed E-state index contributed by atoms with van der Waals surface area (Å²) in [6.45, 7) is 31.5. The number of aromatic nitrogens is 2. The number of nitrogens with zero attached hydrogens (tertiary/aromatic N) is 4. The van der Waals surface area contributed by atoms with E-state index in [0.717, 1.165) is 41.8 Å². The minimum absolute atomic E-state index is 0.0697. The fraction of sp³-hybridized carbons (Fsp3) is 0.522. The van der Waals surface area contributed by atoms with Gasteiger partial charge in [0.2, 0.25) is 5.91 Å². The van der Waals surface area contributed by atoms with Crippen molar-refractivity contribution in [2.24, 2.45) is 5.41 Å². The highest BCUT2D eigenvalue weighted by Gasteiger charge is 2.34. The molecule has 300 valence electrons. The second kappa shape index (κ2) is 25.9. The van der Waals surface area contributed by atoms with Gasteiger partial charge in [0.1, 0.15) is 30.1 Å². The van der Waals surface area contributed by atoms with E-state index in [-0.39, 0.29) is 23.2 Å². The third kappa shape index (κ3) is 15.8. The first kappa shape index (κ1) is 48.0. The minimum Gasteiger partial charge on any atom is -0.490 e. The fourth-order valence-electron chi connectivity index (χ4n) is 6.39. The number of imidazole rings is 1. The summed E-state index contributed by atoms with van der Waals surface area (Å²) in [5.41, 5.74) is 3.65. The first-order valence-corrected chi connectivity index (χ1v) is 20.0. The Balaban J connectivity index is 0.00000195. The predicted molar refractivity (Wildman–Crippen MR) is 226 cm³/mol. The number of benzene rings is 1. The van der Waals surface area contributed by atoms with Gasteiger partial charge in [-0.3, -0.25) is 9.69 Å². The van der Waals surface area contributed by atoms with Crippen molar-refractivity contribution in [2.75, 3.05) is 32.7 Å². The molecule has 1 aromatic heterocycles. The predicted octanol–water partition coefficient (Wildman–Crippen LogP) is 11.0. The molecular formula is C46H71FN4O3. The molecule has 3 heterocycles. The van der Waals surface area contributed by atoms with Crippen molar-refractivity contribution in [3.8, 4) is 0 Å². The summed E-state index contributed by atoms with van der Waals surface area (Å²) >= 11 is 0. The Morgan fingerprint density at radius 3 is 2.35 bits per heavy atom. The molecule has 0 aliphatic carbocycles. The van der Waals surface area contributed by atoms with Crippen molar-refractivity contribution in [1.29, 1.82) is 0 Å². The number of allylic oxidation sites excluding steroid dienone is 7. The van der Waals surface area contributed by atoms with Crippen LogP contribution in [-0.2, 0) is 22.6 Å². The lowest BCUT2D eigenvalue weighted by molar-refractivity contribution is -0.135. The van der Waals surface area contributed by atoms with Gasteiger partial charge < -0.3 is 19.3 Å². The molecule has 1 N–H and O–H groups in total. The molecule has 2 unspecified atom stereocenters. The summed E-state index contributed by atoms with van der Waals surface area (Å²) in [6, 6.07) is 9.74. The Morgan fingerprint density at radius 1 is 1.09 bits per heavy atom. The number of carbonyl (C=O) groups excluding carboxylic acids is 1. The van der Waals surface area contributed by atoms with E-state index < -0.39 is 6.10 Å². The average molecular weight is 747 g/mol. The molecule has 1 fully saturated rings. The molecule has 4 rings (SSSR count). The maximum Gasteiger partial charge on any atom is 0.237 e. The third-order valence-electron chi connectivity index (χ3n) is 9.00. The summed E-state index contributed by atoms with van der Waals surface area (Å²) in [4.78, 5) is 22.0. The number of piperazine rings is 1. The van der Waals surface area contributed by atoms with E-state index in [4.69, 9.17) is 4.74 Å². The Labute approximate surface area is 327 Å². The highest BCUT2D eigenvalue weighted by atomic mass is 19.1. The summed E-state index contributed by atoms with van der Waals surface area (Å²) in [6.07, 6.45) is 15.7. The second-order valence-electron chi connectivity index (χ2n) is 13.9. The van der Waals surface area contributed by atoms with Crippen LogP contribution in [0.5, 0.6) is 0 Å². The van der Waals surface area contributed by atoms with E-state index in [1.165, 1.54) is 18.6 Å². The summed E-state index contributed by atoms with van der Waals surface area (Å²) < 4.78 is 22.4. The number of carbonyl (C=O) groups is 1. The van der Waals surface area contributed by atoms with Crippen LogP contribution in [0.2, 0.25) is 0 Å². The van der Waals surface area contributed by atoms with Gasteiger partial charge in [-0.15, -0.1) is 0 Å². The molecular weight excluding hydrogens is 676 g/mol. The number of ether oxygens (including phenoxy) is 1. The average Bonchev–Trinajstić information content (AvgIpc) is 3.59. The number of aliphatic hydroxyl groups is 1. The summed E-state index contributed by atoms with van der Waals surface area (Å²) in [5.74, 6) is 0.904. The maximum absolute atomic E-state index is 14.5. The Bertz CT molecular complexity index is 1540. The molecule has 2 aliphatic heterocycles. The zero-order chi connectivity index (χ0) is 40.7. The molecule has 1 aromatic carbocycles. The summed E-state index contributed by atoms with van der Waals surface area (Å²) in [5, 5.41) is 11.2. The monoisotopic (exact) mass is 747 g/mol. The van der Waals surface area contributed by atoms with E-state index in [2.05, 4.69) is 55.3 Å². The van der Waals surface area contributed by atoms with Crippen LogP contribution in [0, 0.1) is 5.41 Å². The van der Waals surface area contributed by atoms with Crippen molar-refractivity contribution >= 4 is 5.91 Å². The van der Waals surface area contributed by atoms with Gasteiger partial charge in [-0.25, -0.2) is 9.37 Å². The first-order chi connectivity index (χ1) is 25.9. The Morgan fingerprint density at radius 2 is 1.76 bits per heavy atom. The van der Waals surface area contributed by atoms with Gasteiger partial charge in [-0.05, 0) is 67.4 Å². The maximum atomic E-state index is 14.5. The second-order valence-corrected chi connectivity index (χ2v) is 13.9. The molecule has 2 atom stereocenters. The highest BCUT2D eigenvalue weighted by molar-refractivity contribution is 5.79. The molecule has 7 nitrogen and oxygen atoms in total. The van der Waals surface area contributed by atoms with Crippen molar-refractivity contribution in [1.82, 2.24) is 19.4 Å². The Kier molecular flexibility index (Phi) is 23.0. The highest BCUT2D eigenvalue weighted by Crippen LogP contribution is 2.42. The van der Waals surface area contributed by atoms with Crippen LogP contribution in [0.15, 0.2) is 109 Å². The van der Waals surface area contributed by atoms with E-state index in [9.17, 15) is 14.3 Å². The Hall–Kier alpha value is -4.01. The quantitative estimate of drug-likeness (QED) is 0.163. The number of hydrogen-bond donors (Lipinski definition) is 1. The van der Waals surface area contributed by atoms with Crippen LogP contribution in [0.1, 0.15) is 124 Å². The van der Waals surface area contributed by atoms with E-state index in [1.807, 2.05) is 94.3 Å². The molecule has 2 aromatic rings. The molecule has 1 amide bonds. The van der Waals surface area contributed by atoms with Crippen LogP contribution < -0.4 is 0 Å². The molecule has 0 saturated carbocycles. The number of halogens is 1. The lowest BCUT2D eigenvalue weighted by atomic mass is 9.78.